The van der Waals surface area contributed by atoms with Crippen molar-refractivity contribution in [2.45, 2.75) is 6.10 Å². The Labute approximate surface area is 179 Å². The molecule has 1 amide bonds. The highest BCUT2D eigenvalue weighted by Crippen LogP contribution is 2.34. The minimum atomic E-state index is -0.985. The van der Waals surface area contributed by atoms with Gasteiger partial charge in [-0.2, -0.15) is 0 Å². The highest BCUT2D eigenvalue weighted by Gasteiger charge is 2.21. The zero-order chi connectivity index (χ0) is 21.9. The smallest absolute Gasteiger partial charge is 0.256 e. The van der Waals surface area contributed by atoms with Gasteiger partial charge in [-0.15, -0.1) is 12.8 Å². The fourth-order valence-corrected chi connectivity index (χ4v) is 2.51. The molecule has 2 rings (SSSR count). The predicted octanol–water partition coefficient (Wildman–Crippen LogP) is 3.34. The van der Waals surface area contributed by atoms with E-state index in [4.69, 9.17) is 43.4 Å². The molecule has 0 saturated carbocycles. The molecule has 1 N–H and O–H groups in total. The molecule has 0 saturated heterocycles. The van der Waals surface area contributed by atoms with Gasteiger partial charge < -0.3 is 24.3 Å². The monoisotopic (exact) mass is 431 g/mol. The van der Waals surface area contributed by atoms with Gasteiger partial charge in [-0.25, -0.2) is 4.39 Å². The molecule has 2 aromatic carbocycles. The number of rotatable bonds is 10. The van der Waals surface area contributed by atoms with Crippen molar-refractivity contribution < 1.29 is 28.1 Å². The second-order valence-electron chi connectivity index (χ2n) is 5.70. The zero-order valence-corrected chi connectivity index (χ0v) is 16.9. The van der Waals surface area contributed by atoms with E-state index in [1.54, 1.807) is 24.3 Å². The Hall–Kier alpha value is -3.39. The average Bonchev–Trinajstić information content (AvgIpc) is 2.74. The Morgan fingerprint density at radius 1 is 1.10 bits per heavy atom. The Balaban J connectivity index is 2.04. The molecule has 1 unspecified atom stereocenters. The summed E-state index contributed by atoms with van der Waals surface area (Å²) in [6.07, 6.45) is 9.36. The second kappa shape index (κ2) is 11.6. The number of nitrogens with one attached hydrogen (secondary N) is 1. The molecule has 2 aromatic rings. The fraction of sp³-hybridized carbons (Fsp3) is 0.227. The van der Waals surface area contributed by atoms with Gasteiger partial charge in [0, 0.05) is 17.2 Å². The molecule has 0 aliphatic heterocycles. The summed E-state index contributed by atoms with van der Waals surface area (Å²) < 4.78 is 35.4. The molecule has 0 aliphatic rings. The van der Waals surface area contributed by atoms with Crippen LogP contribution in [0, 0.1) is 30.5 Å². The van der Waals surface area contributed by atoms with E-state index in [0.29, 0.717) is 10.6 Å². The van der Waals surface area contributed by atoms with Crippen molar-refractivity contribution in [2.24, 2.45) is 0 Å². The summed E-state index contributed by atoms with van der Waals surface area (Å²) in [5.41, 5.74) is 0.551. The summed E-state index contributed by atoms with van der Waals surface area (Å²) in [5.74, 6) is 3.57. The molecule has 156 valence electrons. The molecule has 0 bridgehead atoms. The minimum Gasteiger partial charge on any atom is -0.493 e. The van der Waals surface area contributed by atoms with Gasteiger partial charge >= 0.3 is 0 Å². The van der Waals surface area contributed by atoms with Crippen LogP contribution in [0.15, 0.2) is 36.4 Å². The van der Waals surface area contributed by atoms with Gasteiger partial charge in [0.1, 0.15) is 13.2 Å². The number of terminal acetylenes is 2. The first kappa shape index (κ1) is 22.9. The second-order valence-corrected chi connectivity index (χ2v) is 6.14. The summed E-state index contributed by atoms with van der Waals surface area (Å²) >= 11 is 5.87. The topological polar surface area (TPSA) is 66.0 Å². The first-order valence-corrected chi connectivity index (χ1v) is 9.02. The van der Waals surface area contributed by atoms with E-state index < -0.39 is 17.8 Å². The summed E-state index contributed by atoms with van der Waals surface area (Å²) in [4.78, 5) is 12.5. The van der Waals surface area contributed by atoms with Gasteiger partial charge in [-0.3, -0.25) is 4.79 Å². The number of hydrogen-bond donors (Lipinski definition) is 1. The van der Waals surface area contributed by atoms with Crippen LogP contribution in [-0.4, -0.2) is 33.0 Å². The lowest BCUT2D eigenvalue weighted by atomic mass is 10.1. The van der Waals surface area contributed by atoms with Crippen molar-refractivity contribution in [3.8, 4) is 41.9 Å². The normalized spacial score (nSPS) is 11.0. The molecule has 0 radical (unpaired) electrons. The number of halogens is 2. The molecule has 0 heterocycles. The average molecular weight is 432 g/mol. The van der Waals surface area contributed by atoms with Crippen molar-refractivity contribution in [3.63, 3.8) is 0 Å². The van der Waals surface area contributed by atoms with E-state index in [-0.39, 0.29) is 37.2 Å². The maximum Gasteiger partial charge on any atom is 0.256 e. The van der Waals surface area contributed by atoms with Crippen molar-refractivity contribution in [1.82, 2.24) is 5.32 Å². The molecule has 0 aliphatic carbocycles. The largest absolute Gasteiger partial charge is 0.493 e. The van der Waals surface area contributed by atoms with Crippen molar-refractivity contribution in [1.29, 1.82) is 0 Å². The van der Waals surface area contributed by atoms with Crippen LogP contribution < -0.4 is 19.5 Å². The highest BCUT2D eigenvalue weighted by molar-refractivity contribution is 6.30. The van der Waals surface area contributed by atoms with Crippen LogP contribution in [-0.2, 0) is 9.53 Å². The van der Waals surface area contributed by atoms with Gasteiger partial charge in [-0.1, -0.05) is 35.6 Å². The molecule has 0 spiro atoms. The molecule has 8 heteroatoms. The molecular formula is C22H19ClFNO5. The molecule has 0 fully saturated rings. The summed E-state index contributed by atoms with van der Waals surface area (Å²) in [6, 6.07) is 8.91. The molecular weight excluding hydrogens is 413 g/mol. The van der Waals surface area contributed by atoms with E-state index in [1.807, 2.05) is 0 Å². The van der Waals surface area contributed by atoms with Crippen LogP contribution in [0.5, 0.6) is 17.2 Å². The van der Waals surface area contributed by atoms with Crippen LogP contribution in [0.4, 0.5) is 4.39 Å². The van der Waals surface area contributed by atoms with Crippen LogP contribution in [0.2, 0.25) is 5.02 Å². The van der Waals surface area contributed by atoms with Crippen molar-refractivity contribution in [3.05, 3.63) is 52.8 Å². The third kappa shape index (κ3) is 6.31. The number of methoxy groups -OCH3 is 1. The number of carbonyl (C=O) groups excluding carboxylic acids is 1. The first-order chi connectivity index (χ1) is 14.5. The van der Waals surface area contributed by atoms with Crippen LogP contribution in [0.1, 0.15) is 11.7 Å². The highest BCUT2D eigenvalue weighted by atomic mass is 35.5. The lowest BCUT2D eigenvalue weighted by Gasteiger charge is -2.18. The molecule has 6 nitrogen and oxygen atoms in total. The van der Waals surface area contributed by atoms with E-state index in [0.717, 1.165) is 6.07 Å². The van der Waals surface area contributed by atoms with Crippen molar-refractivity contribution >= 4 is 17.5 Å². The fourth-order valence-electron chi connectivity index (χ4n) is 2.39. The SMILES string of the molecule is C#CCOc1cc(F)c(OCNC(=O)C(OCC#C)c2ccc(Cl)cc2)cc1OC. The Bertz CT molecular complexity index is 950. The molecule has 0 aromatic heterocycles. The van der Waals surface area contributed by atoms with E-state index >= 15 is 0 Å². The minimum absolute atomic E-state index is 0.0458. The van der Waals surface area contributed by atoms with Gasteiger partial charge in [0.25, 0.3) is 5.91 Å². The van der Waals surface area contributed by atoms with Crippen LogP contribution in [0.25, 0.3) is 0 Å². The van der Waals surface area contributed by atoms with E-state index in [9.17, 15) is 9.18 Å². The number of benzene rings is 2. The zero-order valence-electron chi connectivity index (χ0n) is 16.1. The van der Waals surface area contributed by atoms with Gasteiger partial charge in [0.15, 0.2) is 35.9 Å². The van der Waals surface area contributed by atoms with Crippen LogP contribution in [0.3, 0.4) is 0 Å². The molecule has 1 atom stereocenters. The van der Waals surface area contributed by atoms with E-state index in [2.05, 4.69) is 17.2 Å². The number of ether oxygens (including phenoxy) is 4. The number of carbonyl (C=O) groups is 1. The number of hydrogen-bond acceptors (Lipinski definition) is 5. The Kier molecular flexibility index (Phi) is 8.83. The Morgan fingerprint density at radius 2 is 1.80 bits per heavy atom. The van der Waals surface area contributed by atoms with Gasteiger partial charge in [0.2, 0.25) is 0 Å². The maximum atomic E-state index is 14.3. The third-order valence-corrected chi connectivity index (χ3v) is 4.00. The lowest BCUT2D eigenvalue weighted by molar-refractivity contribution is -0.133. The predicted molar refractivity (Wildman–Crippen MR) is 110 cm³/mol. The lowest BCUT2D eigenvalue weighted by Crippen LogP contribution is -2.34. The van der Waals surface area contributed by atoms with Crippen molar-refractivity contribution in [2.75, 3.05) is 27.1 Å². The van der Waals surface area contributed by atoms with E-state index in [1.165, 1.54) is 13.2 Å². The first-order valence-electron chi connectivity index (χ1n) is 8.65. The maximum absolute atomic E-state index is 14.3. The summed E-state index contributed by atoms with van der Waals surface area (Å²) in [6.45, 7) is -0.449. The third-order valence-electron chi connectivity index (χ3n) is 3.75. The number of amides is 1. The summed E-state index contributed by atoms with van der Waals surface area (Å²) in [5, 5.41) is 3.03. The standard InChI is InChI=1S/C22H19ClFNO5/c1-4-10-28-20-12-17(24)18(13-19(20)27-3)30-14-25-22(26)21(29-11-5-2)15-6-8-16(23)9-7-15/h1-2,6-9,12-13,21H,10-11,14H2,3H3,(H,25,26). The van der Waals surface area contributed by atoms with Crippen LogP contribution >= 0.6 is 11.6 Å². The van der Waals surface area contributed by atoms with Gasteiger partial charge in [-0.05, 0) is 17.7 Å². The summed E-state index contributed by atoms with van der Waals surface area (Å²) in [7, 11) is 1.39. The molecule has 30 heavy (non-hydrogen) atoms. The Morgan fingerprint density at radius 3 is 2.43 bits per heavy atom. The van der Waals surface area contributed by atoms with Gasteiger partial charge in [0.05, 0.1) is 7.11 Å². The quantitative estimate of drug-likeness (QED) is 0.461.